The van der Waals surface area contributed by atoms with Gasteiger partial charge in [0.1, 0.15) is 5.75 Å². The molecule has 2 N–H and O–H groups in total. The van der Waals surface area contributed by atoms with Gasteiger partial charge in [-0.3, -0.25) is 0 Å². The first kappa shape index (κ1) is 14.0. The molecule has 1 aromatic heterocycles. The fraction of sp³-hybridized carbons (Fsp3) is 0.385. The van der Waals surface area contributed by atoms with Gasteiger partial charge in [-0.1, -0.05) is 17.3 Å². The van der Waals surface area contributed by atoms with Crippen molar-refractivity contribution in [2.75, 3.05) is 7.11 Å². The maximum absolute atomic E-state index is 6.19. The zero-order valence-electron chi connectivity index (χ0n) is 11.0. The van der Waals surface area contributed by atoms with Gasteiger partial charge in [-0.2, -0.15) is 0 Å². The topological polar surface area (TPSA) is 66.0 Å². The molecule has 0 aliphatic rings. The molecule has 1 unspecified atom stereocenters. The minimum Gasteiger partial charge on any atom is -0.497 e. The van der Waals surface area contributed by atoms with Gasteiger partial charge in [0.25, 0.3) is 0 Å². The second-order valence-corrected chi connectivity index (χ2v) is 5.13. The third-order valence-corrected chi connectivity index (χ3v) is 3.65. The van der Waals surface area contributed by atoms with Gasteiger partial charge in [0.2, 0.25) is 0 Å². The molecule has 0 saturated heterocycles. The maximum Gasteiger partial charge on any atom is 0.153 e. The number of hydrogen-bond acceptors (Lipinski definition) is 4. The molecule has 2 rings (SSSR count). The molecule has 1 heterocycles. The van der Waals surface area contributed by atoms with Crippen molar-refractivity contribution in [3.63, 3.8) is 0 Å². The number of benzene rings is 1. The molecule has 0 spiro atoms. The van der Waals surface area contributed by atoms with Crippen LogP contribution in [0, 0.1) is 0 Å². The van der Waals surface area contributed by atoms with E-state index in [1.807, 2.05) is 19.2 Å². The number of halogens is 1. The number of nitrogens with two attached hydrogens (primary N) is 1. The Morgan fingerprint density at radius 2 is 2.05 bits per heavy atom. The second-order valence-electron chi connectivity index (χ2n) is 4.38. The Hall–Kier alpha value is -1.40. The van der Waals surface area contributed by atoms with Crippen molar-refractivity contribution >= 4 is 15.9 Å². The van der Waals surface area contributed by atoms with E-state index in [0.29, 0.717) is 0 Å². The SMILES string of the molecule is COc1ccc(CCC(N)c2c(Br)nnn2C)cc1. The van der Waals surface area contributed by atoms with Crippen molar-refractivity contribution in [2.24, 2.45) is 12.8 Å². The van der Waals surface area contributed by atoms with Crippen molar-refractivity contribution < 1.29 is 4.74 Å². The van der Waals surface area contributed by atoms with Crippen LogP contribution in [0.4, 0.5) is 0 Å². The first-order chi connectivity index (χ1) is 9.11. The summed E-state index contributed by atoms with van der Waals surface area (Å²) in [6.07, 6.45) is 1.74. The molecule has 0 aliphatic heterocycles. The number of methoxy groups -OCH3 is 1. The van der Waals surface area contributed by atoms with Crippen LogP contribution in [0.3, 0.4) is 0 Å². The van der Waals surface area contributed by atoms with Crippen molar-refractivity contribution in [1.29, 1.82) is 0 Å². The highest BCUT2D eigenvalue weighted by atomic mass is 79.9. The van der Waals surface area contributed by atoms with E-state index in [1.165, 1.54) is 5.56 Å². The summed E-state index contributed by atoms with van der Waals surface area (Å²) in [6, 6.07) is 7.95. The van der Waals surface area contributed by atoms with Gasteiger partial charge in [-0.05, 0) is 46.5 Å². The Kier molecular flexibility index (Phi) is 4.55. The molecule has 0 aliphatic carbocycles. The summed E-state index contributed by atoms with van der Waals surface area (Å²) < 4.78 is 7.57. The van der Waals surface area contributed by atoms with Gasteiger partial charge in [0.15, 0.2) is 4.60 Å². The third kappa shape index (κ3) is 3.33. The Morgan fingerprint density at radius 3 is 2.58 bits per heavy atom. The zero-order chi connectivity index (χ0) is 13.8. The number of aryl methyl sites for hydroxylation is 2. The predicted molar refractivity (Wildman–Crippen MR) is 76.9 cm³/mol. The van der Waals surface area contributed by atoms with Crippen LogP contribution in [-0.4, -0.2) is 22.1 Å². The van der Waals surface area contributed by atoms with Crippen molar-refractivity contribution in [2.45, 2.75) is 18.9 Å². The molecule has 0 bridgehead atoms. The Bertz CT molecular complexity index is 519. The van der Waals surface area contributed by atoms with Crippen LogP contribution in [0.1, 0.15) is 23.7 Å². The van der Waals surface area contributed by atoms with Crippen LogP contribution in [-0.2, 0) is 13.5 Å². The number of ether oxygens (including phenoxy) is 1. The molecule has 2 aromatic rings. The summed E-state index contributed by atoms with van der Waals surface area (Å²) in [5.41, 5.74) is 8.35. The lowest BCUT2D eigenvalue weighted by atomic mass is 10.0. The van der Waals surface area contributed by atoms with Crippen LogP contribution < -0.4 is 10.5 Å². The lowest BCUT2D eigenvalue weighted by molar-refractivity contribution is 0.414. The third-order valence-electron chi connectivity index (χ3n) is 3.08. The monoisotopic (exact) mass is 324 g/mol. The molecule has 1 atom stereocenters. The normalized spacial score (nSPS) is 12.4. The summed E-state index contributed by atoms with van der Waals surface area (Å²) in [4.78, 5) is 0. The van der Waals surface area contributed by atoms with Crippen molar-refractivity contribution in [3.05, 3.63) is 40.1 Å². The summed E-state index contributed by atoms with van der Waals surface area (Å²) in [5.74, 6) is 0.867. The zero-order valence-corrected chi connectivity index (χ0v) is 12.6. The highest BCUT2D eigenvalue weighted by molar-refractivity contribution is 9.10. The minimum atomic E-state index is -0.0866. The molecule has 0 fully saturated rings. The molecule has 5 nitrogen and oxygen atoms in total. The average Bonchev–Trinajstić information content (AvgIpc) is 2.76. The highest BCUT2D eigenvalue weighted by Gasteiger charge is 2.16. The van der Waals surface area contributed by atoms with E-state index < -0.39 is 0 Å². The second kappa shape index (κ2) is 6.16. The fourth-order valence-corrected chi connectivity index (χ4v) is 2.60. The summed E-state index contributed by atoms with van der Waals surface area (Å²) in [7, 11) is 3.51. The predicted octanol–water partition coefficient (Wildman–Crippen LogP) is 2.22. The van der Waals surface area contributed by atoms with E-state index in [1.54, 1.807) is 11.8 Å². The van der Waals surface area contributed by atoms with E-state index >= 15 is 0 Å². The molecular weight excluding hydrogens is 308 g/mol. The van der Waals surface area contributed by atoms with Crippen LogP contribution in [0.2, 0.25) is 0 Å². The average molecular weight is 325 g/mol. The van der Waals surface area contributed by atoms with Gasteiger partial charge < -0.3 is 10.5 Å². The largest absolute Gasteiger partial charge is 0.497 e. The molecule has 0 radical (unpaired) electrons. The number of hydrogen-bond donors (Lipinski definition) is 1. The van der Waals surface area contributed by atoms with Crippen LogP contribution in [0.15, 0.2) is 28.9 Å². The standard InChI is InChI=1S/C13H17BrN4O/c1-18-12(13(14)16-17-18)11(15)8-5-9-3-6-10(19-2)7-4-9/h3-4,6-7,11H,5,8,15H2,1-2H3. The van der Waals surface area contributed by atoms with Gasteiger partial charge in [-0.15, -0.1) is 5.10 Å². The molecular formula is C13H17BrN4O. The molecule has 102 valence electrons. The van der Waals surface area contributed by atoms with E-state index in [9.17, 15) is 0 Å². The fourth-order valence-electron chi connectivity index (χ4n) is 1.98. The highest BCUT2D eigenvalue weighted by Crippen LogP contribution is 2.23. The summed E-state index contributed by atoms with van der Waals surface area (Å²) in [5, 5.41) is 7.89. The number of nitrogens with zero attached hydrogens (tertiary/aromatic N) is 3. The summed E-state index contributed by atoms with van der Waals surface area (Å²) in [6.45, 7) is 0. The molecule has 6 heteroatoms. The van der Waals surface area contributed by atoms with Gasteiger partial charge in [0, 0.05) is 13.1 Å². The first-order valence-electron chi connectivity index (χ1n) is 6.05. The van der Waals surface area contributed by atoms with Crippen molar-refractivity contribution in [3.8, 4) is 5.75 Å². The quantitative estimate of drug-likeness (QED) is 0.915. The number of aromatic nitrogens is 3. The lowest BCUT2D eigenvalue weighted by Gasteiger charge is -2.12. The first-order valence-corrected chi connectivity index (χ1v) is 6.84. The molecule has 0 amide bonds. The van der Waals surface area contributed by atoms with Crippen LogP contribution >= 0.6 is 15.9 Å². The Labute approximate surface area is 120 Å². The van der Waals surface area contributed by atoms with Crippen molar-refractivity contribution in [1.82, 2.24) is 15.0 Å². The smallest absolute Gasteiger partial charge is 0.153 e. The van der Waals surface area contributed by atoms with E-state index in [2.05, 4.69) is 38.4 Å². The van der Waals surface area contributed by atoms with E-state index in [-0.39, 0.29) is 6.04 Å². The lowest BCUT2D eigenvalue weighted by Crippen LogP contribution is -2.16. The maximum atomic E-state index is 6.19. The van der Waals surface area contributed by atoms with E-state index in [0.717, 1.165) is 28.9 Å². The molecule has 0 saturated carbocycles. The van der Waals surface area contributed by atoms with Gasteiger partial charge in [0.05, 0.1) is 12.8 Å². The van der Waals surface area contributed by atoms with E-state index in [4.69, 9.17) is 10.5 Å². The van der Waals surface area contributed by atoms with Crippen LogP contribution in [0.5, 0.6) is 5.75 Å². The van der Waals surface area contributed by atoms with Gasteiger partial charge in [-0.25, -0.2) is 4.68 Å². The minimum absolute atomic E-state index is 0.0866. The molecule has 1 aromatic carbocycles. The summed E-state index contributed by atoms with van der Waals surface area (Å²) >= 11 is 3.37. The van der Waals surface area contributed by atoms with Crippen LogP contribution in [0.25, 0.3) is 0 Å². The molecule has 19 heavy (non-hydrogen) atoms. The Balaban J connectivity index is 1.98. The van der Waals surface area contributed by atoms with Gasteiger partial charge >= 0.3 is 0 Å². The number of rotatable bonds is 5. The Morgan fingerprint density at radius 1 is 1.37 bits per heavy atom.